The summed E-state index contributed by atoms with van der Waals surface area (Å²) in [5.41, 5.74) is 0.0696. The van der Waals surface area contributed by atoms with Gasteiger partial charge in [-0.1, -0.05) is 13.0 Å². The molecular formula is C14H17NO4. The second-order valence-electron chi connectivity index (χ2n) is 4.58. The maximum Gasteiger partial charge on any atom is 0.339 e. The van der Waals surface area contributed by atoms with Crippen molar-refractivity contribution in [1.82, 2.24) is 4.90 Å². The molecule has 0 bridgehead atoms. The smallest absolute Gasteiger partial charge is 0.339 e. The maximum atomic E-state index is 12.3. The lowest BCUT2D eigenvalue weighted by Gasteiger charge is -2.18. The van der Waals surface area contributed by atoms with Crippen LogP contribution in [-0.2, 0) is 6.42 Å². The molecular weight excluding hydrogens is 246 g/mol. The van der Waals surface area contributed by atoms with Crippen molar-refractivity contribution in [2.45, 2.75) is 32.2 Å². The van der Waals surface area contributed by atoms with Crippen molar-refractivity contribution in [3.05, 3.63) is 35.8 Å². The zero-order chi connectivity index (χ0) is 14.0. The first-order valence-electron chi connectivity index (χ1n) is 6.36. The summed E-state index contributed by atoms with van der Waals surface area (Å²) in [5, 5.41) is 9.05. The summed E-state index contributed by atoms with van der Waals surface area (Å²) in [4.78, 5) is 25.0. The van der Waals surface area contributed by atoms with E-state index in [0.29, 0.717) is 18.7 Å². The number of carboxylic acids is 1. The number of rotatable bonds is 6. The fourth-order valence-electron chi connectivity index (χ4n) is 2.04. The van der Waals surface area contributed by atoms with Crippen LogP contribution in [0.3, 0.4) is 0 Å². The average Bonchev–Trinajstić information content (AvgIpc) is 3.12. The lowest BCUT2D eigenvalue weighted by Crippen LogP contribution is -2.32. The van der Waals surface area contributed by atoms with Crippen LogP contribution in [0.15, 0.2) is 23.1 Å². The molecule has 1 fully saturated rings. The molecule has 0 atom stereocenters. The number of aryl methyl sites for hydroxylation is 1. The van der Waals surface area contributed by atoms with Gasteiger partial charge in [0.05, 0.1) is 0 Å². The van der Waals surface area contributed by atoms with E-state index in [0.717, 1.165) is 12.8 Å². The third-order valence-corrected chi connectivity index (χ3v) is 3.15. The number of furan rings is 1. The van der Waals surface area contributed by atoms with Crippen LogP contribution in [0.4, 0.5) is 0 Å². The van der Waals surface area contributed by atoms with E-state index in [1.54, 1.807) is 17.9 Å². The summed E-state index contributed by atoms with van der Waals surface area (Å²) >= 11 is 0. The number of hydrogen-bond acceptors (Lipinski definition) is 3. The third kappa shape index (κ3) is 2.70. The van der Waals surface area contributed by atoms with Gasteiger partial charge in [-0.3, -0.25) is 4.79 Å². The van der Waals surface area contributed by atoms with Gasteiger partial charge in [-0.15, -0.1) is 6.58 Å². The van der Waals surface area contributed by atoms with Gasteiger partial charge >= 0.3 is 5.97 Å². The molecule has 2 rings (SSSR count). The standard InChI is InChI=1S/C14H17NO4/c1-3-7-15(9-5-6-9)13(16)12-8-10(14(17)18)11(4-2)19-12/h3,8-9H,1,4-7H2,2H3,(H,17,18). The van der Waals surface area contributed by atoms with Crippen LogP contribution in [0.1, 0.15) is 46.4 Å². The zero-order valence-electron chi connectivity index (χ0n) is 10.9. The summed E-state index contributed by atoms with van der Waals surface area (Å²) < 4.78 is 5.39. The Bertz CT molecular complexity index is 514. The highest BCUT2D eigenvalue weighted by Crippen LogP contribution is 2.29. The van der Waals surface area contributed by atoms with Crippen LogP contribution in [0, 0.1) is 0 Å². The molecule has 0 saturated heterocycles. The Kier molecular flexibility index (Phi) is 3.74. The molecule has 19 heavy (non-hydrogen) atoms. The molecule has 0 radical (unpaired) electrons. The fourth-order valence-corrected chi connectivity index (χ4v) is 2.04. The molecule has 5 heteroatoms. The third-order valence-electron chi connectivity index (χ3n) is 3.15. The number of amides is 1. The predicted octanol–water partition coefficient (Wildman–Crippen LogP) is 2.33. The lowest BCUT2D eigenvalue weighted by molar-refractivity contribution is 0.0691. The Morgan fingerprint density at radius 2 is 2.26 bits per heavy atom. The van der Waals surface area contributed by atoms with E-state index in [4.69, 9.17) is 9.52 Å². The Hall–Kier alpha value is -2.04. The second-order valence-corrected chi connectivity index (χ2v) is 4.58. The second kappa shape index (κ2) is 5.30. The monoisotopic (exact) mass is 263 g/mol. The van der Waals surface area contributed by atoms with Crippen molar-refractivity contribution in [3.8, 4) is 0 Å². The highest BCUT2D eigenvalue weighted by Gasteiger charge is 2.34. The van der Waals surface area contributed by atoms with Crippen molar-refractivity contribution < 1.29 is 19.1 Å². The van der Waals surface area contributed by atoms with E-state index >= 15 is 0 Å². The summed E-state index contributed by atoms with van der Waals surface area (Å²) in [6, 6.07) is 1.55. The van der Waals surface area contributed by atoms with Gasteiger partial charge in [0.15, 0.2) is 5.76 Å². The minimum Gasteiger partial charge on any atom is -0.478 e. The van der Waals surface area contributed by atoms with Crippen LogP contribution in [0.5, 0.6) is 0 Å². The van der Waals surface area contributed by atoms with Gasteiger partial charge in [-0.05, 0) is 12.8 Å². The molecule has 1 aliphatic carbocycles. The number of hydrogen-bond donors (Lipinski definition) is 1. The Balaban J connectivity index is 2.27. The first-order valence-corrected chi connectivity index (χ1v) is 6.36. The van der Waals surface area contributed by atoms with Gasteiger partial charge in [0.25, 0.3) is 5.91 Å². The molecule has 0 unspecified atom stereocenters. The molecule has 0 aromatic carbocycles. The highest BCUT2D eigenvalue weighted by molar-refractivity contribution is 5.96. The molecule has 0 aliphatic heterocycles. The van der Waals surface area contributed by atoms with E-state index in [2.05, 4.69) is 6.58 Å². The van der Waals surface area contributed by atoms with E-state index in [1.165, 1.54) is 6.07 Å². The normalized spacial score (nSPS) is 14.2. The van der Waals surface area contributed by atoms with E-state index in [-0.39, 0.29) is 23.3 Å². The number of nitrogens with zero attached hydrogens (tertiary/aromatic N) is 1. The minimum atomic E-state index is -1.07. The quantitative estimate of drug-likeness (QED) is 0.800. The van der Waals surface area contributed by atoms with Gasteiger partial charge < -0.3 is 14.4 Å². The first-order chi connectivity index (χ1) is 9.08. The topological polar surface area (TPSA) is 70.8 Å². The van der Waals surface area contributed by atoms with Crippen molar-refractivity contribution in [2.75, 3.05) is 6.54 Å². The van der Waals surface area contributed by atoms with Crippen molar-refractivity contribution in [3.63, 3.8) is 0 Å². The minimum absolute atomic E-state index is 0.0696. The van der Waals surface area contributed by atoms with Crippen LogP contribution < -0.4 is 0 Å². The van der Waals surface area contributed by atoms with Crippen molar-refractivity contribution in [2.24, 2.45) is 0 Å². The van der Waals surface area contributed by atoms with Gasteiger partial charge in [0, 0.05) is 25.1 Å². The first kappa shape index (κ1) is 13.4. The molecule has 1 aromatic rings. The molecule has 1 aliphatic rings. The van der Waals surface area contributed by atoms with E-state index in [9.17, 15) is 9.59 Å². The molecule has 1 saturated carbocycles. The molecule has 1 N–H and O–H groups in total. The van der Waals surface area contributed by atoms with Gasteiger partial charge in [-0.2, -0.15) is 0 Å². The zero-order valence-corrected chi connectivity index (χ0v) is 10.9. The van der Waals surface area contributed by atoms with E-state index < -0.39 is 5.97 Å². The number of carbonyl (C=O) groups excluding carboxylic acids is 1. The summed E-state index contributed by atoms with van der Waals surface area (Å²) in [7, 11) is 0. The van der Waals surface area contributed by atoms with Crippen LogP contribution in [-0.4, -0.2) is 34.5 Å². The summed E-state index contributed by atoms with van der Waals surface area (Å²) in [6.45, 7) is 5.88. The molecule has 5 nitrogen and oxygen atoms in total. The summed E-state index contributed by atoms with van der Waals surface area (Å²) in [6.07, 6.45) is 4.07. The number of carboxylic acid groups (broad SMARTS) is 1. The van der Waals surface area contributed by atoms with Crippen molar-refractivity contribution in [1.29, 1.82) is 0 Å². The Labute approximate surface area is 111 Å². The van der Waals surface area contributed by atoms with Crippen molar-refractivity contribution >= 4 is 11.9 Å². The SMILES string of the molecule is C=CCN(C(=O)c1cc(C(=O)O)c(CC)o1)C1CC1. The lowest BCUT2D eigenvalue weighted by atomic mass is 10.2. The van der Waals surface area contributed by atoms with Gasteiger partial charge in [0.1, 0.15) is 11.3 Å². The number of carbonyl (C=O) groups is 2. The van der Waals surface area contributed by atoms with Crippen LogP contribution in [0.2, 0.25) is 0 Å². The Morgan fingerprint density at radius 1 is 1.58 bits per heavy atom. The number of aromatic carboxylic acids is 1. The fraction of sp³-hybridized carbons (Fsp3) is 0.429. The largest absolute Gasteiger partial charge is 0.478 e. The average molecular weight is 263 g/mol. The molecule has 1 aromatic heterocycles. The molecule has 102 valence electrons. The summed E-state index contributed by atoms with van der Waals surface area (Å²) in [5.74, 6) is -0.890. The van der Waals surface area contributed by atoms with Crippen LogP contribution >= 0.6 is 0 Å². The molecule has 1 heterocycles. The predicted molar refractivity (Wildman–Crippen MR) is 69.3 cm³/mol. The van der Waals surface area contributed by atoms with Crippen LogP contribution in [0.25, 0.3) is 0 Å². The molecule has 1 amide bonds. The maximum absolute atomic E-state index is 12.3. The van der Waals surface area contributed by atoms with Gasteiger partial charge in [-0.25, -0.2) is 4.79 Å². The highest BCUT2D eigenvalue weighted by atomic mass is 16.4. The van der Waals surface area contributed by atoms with E-state index in [1.807, 2.05) is 0 Å². The molecule has 0 spiro atoms. The van der Waals surface area contributed by atoms with Gasteiger partial charge in [0.2, 0.25) is 0 Å². The Morgan fingerprint density at radius 3 is 2.68 bits per heavy atom.